The Balaban J connectivity index is 2.35. The predicted molar refractivity (Wildman–Crippen MR) is 39.7 cm³/mol. The highest BCUT2D eigenvalue weighted by Crippen LogP contribution is 2.10. The molecular formula is C7H14N2O. The van der Waals surface area contributed by atoms with E-state index in [4.69, 9.17) is 0 Å². The van der Waals surface area contributed by atoms with Gasteiger partial charge >= 0.3 is 0 Å². The molecule has 1 fully saturated rings. The molecule has 0 bridgehead atoms. The van der Waals surface area contributed by atoms with Gasteiger partial charge in [-0.1, -0.05) is 0 Å². The summed E-state index contributed by atoms with van der Waals surface area (Å²) in [5, 5.41) is 0. The Kier molecular flexibility index (Phi) is 2.27. The molecule has 0 N–H and O–H groups in total. The molecule has 1 rings (SSSR count). The van der Waals surface area contributed by atoms with Crippen LogP contribution in [0.2, 0.25) is 0 Å². The monoisotopic (exact) mass is 142 g/mol. The van der Waals surface area contributed by atoms with E-state index < -0.39 is 0 Å². The smallest absolute Gasteiger partial charge is 0.209 e. The average Bonchev–Trinajstić information content (AvgIpc) is 2.34. The molecule has 0 spiro atoms. The van der Waals surface area contributed by atoms with Gasteiger partial charge in [0.15, 0.2) is 0 Å². The van der Waals surface area contributed by atoms with E-state index in [-0.39, 0.29) is 0 Å². The molecular weight excluding hydrogens is 128 g/mol. The maximum Gasteiger partial charge on any atom is 0.209 e. The van der Waals surface area contributed by atoms with E-state index in [0.717, 1.165) is 25.9 Å². The number of hydrogen-bond donors (Lipinski definition) is 0. The molecule has 3 heteroatoms. The van der Waals surface area contributed by atoms with Gasteiger partial charge < -0.3 is 9.80 Å². The SMILES string of the molecule is CN(C)[C@@H]1CCN(C=O)C1. The Morgan fingerprint density at radius 2 is 2.30 bits per heavy atom. The zero-order valence-corrected chi connectivity index (χ0v) is 6.58. The first-order valence-corrected chi connectivity index (χ1v) is 3.60. The predicted octanol–water partition coefficient (Wildman–Crippen LogP) is -0.221. The van der Waals surface area contributed by atoms with E-state index in [0.29, 0.717) is 6.04 Å². The molecule has 0 unspecified atom stereocenters. The molecule has 0 aliphatic carbocycles. The van der Waals surface area contributed by atoms with E-state index >= 15 is 0 Å². The van der Waals surface area contributed by atoms with Crippen molar-refractivity contribution in [2.24, 2.45) is 0 Å². The van der Waals surface area contributed by atoms with Crippen molar-refractivity contribution in [2.75, 3.05) is 27.2 Å². The molecule has 0 radical (unpaired) electrons. The summed E-state index contributed by atoms with van der Waals surface area (Å²) in [5.41, 5.74) is 0. The molecule has 58 valence electrons. The number of likely N-dealkylation sites (tertiary alicyclic amines) is 1. The normalized spacial score (nSPS) is 25.9. The Morgan fingerprint density at radius 3 is 2.60 bits per heavy atom. The number of carbonyl (C=O) groups is 1. The number of hydrogen-bond acceptors (Lipinski definition) is 2. The van der Waals surface area contributed by atoms with Gasteiger partial charge in [0.25, 0.3) is 0 Å². The van der Waals surface area contributed by atoms with Crippen LogP contribution >= 0.6 is 0 Å². The summed E-state index contributed by atoms with van der Waals surface area (Å²) in [6, 6.07) is 0.574. The Labute approximate surface area is 61.6 Å². The van der Waals surface area contributed by atoms with Crippen LogP contribution in [0.25, 0.3) is 0 Å². The van der Waals surface area contributed by atoms with Crippen LogP contribution in [0, 0.1) is 0 Å². The van der Waals surface area contributed by atoms with Gasteiger partial charge in [-0.05, 0) is 20.5 Å². The number of nitrogens with zero attached hydrogens (tertiary/aromatic N) is 2. The molecule has 3 nitrogen and oxygen atoms in total. The molecule has 1 heterocycles. The lowest BCUT2D eigenvalue weighted by Crippen LogP contribution is -2.30. The fraction of sp³-hybridized carbons (Fsp3) is 0.857. The van der Waals surface area contributed by atoms with Gasteiger partial charge in [0.2, 0.25) is 6.41 Å². The van der Waals surface area contributed by atoms with Crippen LogP contribution in [0.3, 0.4) is 0 Å². The van der Waals surface area contributed by atoms with Crippen molar-refractivity contribution in [1.29, 1.82) is 0 Å². The van der Waals surface area contributed by atoms with Gasteiger partial charge in [0.1, 0.15) is 0 Å². The van der Waals surface area contributed by atoms with E-state index in [1.165, 1.54) is 0 Å². The quantitative estimate of drug-likeness (QED) is 0.498. The van der Waals surface area contributed by atoms with Crippen LogP contribution in [-0.2, 0) is 4.79 Å². The maximum absolute atomic E-state index is 10.3. The zero-order valence-electron chi connectivity index (χ0n) is 6.58. The van der Waals surface area contributed by atoms with Crippen molar-refractivity contribution in [3.63, 3.8) is 0 Å². The minimum absolute atomic E-state index is 0.574. The Hall–Kier alpha value is -0.570. The summed E-state index contributed by atoms with van der Waals surface area (Å²) in [4.78, 5) is 14.3. The van der Waals surface area contributed by atoms with Crippen LogP contribution in [-0.4, -0.2) is 49.4 Å². The average molecular weight is 142 g/mol. The molecule has 10 heavy (non-hydrogen) atoms. The van der Waals surface area contributed by atoms with Gasteiger partial charge in [0, 0.05) is 19.1 Å². The molecule has 0 aromatic carbocycles. The topological polar surface area (TPSA) is 23.6 Å². The third kappa shape index (κ3) is 1.48. The first kappa shape index (κ1) is 7.54. The van der Waals surface area contributed by atoms with Gasteiger partial charge in [-0.3, -0.25) is 4.79 Å². The van der Waals surface area contributed by atoms with E-state index in [9.17, 15) is 4.79 Å². The number of rotatable bonds is 2. The maximum atomic E-state index is 10.3. The summed E-state index contributed by atoms with van der Waals surface area (Å²) in [6.07, 6.45) is 2.05. The van der Waals surface area contributed by atoms with Gasteiger partial charge in [-0.15, -0.1) is 0 Å². The molecule has 0 saturated carbocycles. The van der Waals surface area contributed by atoms with Gasteiger partial charge in [-0.2, -0.15) is 0 Å². The van der Waals surface area contributed by atoms with Crippen molar-refractivity contribution in [3.8, 4) is 0 Å². The molecule has 1 saturated heterocycles. The summed E-state index contributed by atoms with van der Waals surface area (Å²) in [6.45, 7) is 1.82. The molecule has 1 atom stereocenters. The first-order valence-electron chi connectivity index (χ1n) is 3.60. The van der Waals surface area contributed by atoms with Crippen LogP contribution in [0.4, 0.5) is 0 Å². The highest BCUT2D eigenvalue weighted by atomic mass is 16.1. The fourth-order valence-electron chi connectivity index (χ4n) is 1.29. The summed E-state index contributed by atoms with van der Waals surface area (Å²) < 4.78 is 0. The molecule has 1 aliphatic heterocycles. The minimum atomic E-state index is 0.574. The zero-order chi connectivity index (χ0) is 7.56. The molecule has 1 aliphatic rings. The lowest BCUT2D eigenvalue weighted by Gasteiger charge is -2.17. The standard InChI is InChI=1S/C7H14N2O/c1-8(2)7-3-4-9(5-7)6-10/h6-7H,3-5H2,1-2H3/t7-/m1/s1. The summed E-state index contributed by atoms with van der Waals surface area (Å²) in [5.74, 6) is 0. The Bertz CT molecular complexity index is 125. The first-order chi connectivity index (χ1) is 4.74. The van der Waals surface area contributed by atoms with Crippen LogP contribution in [0.15, 0.2) is 0 Å². The van der Waals surface area contributed by atoms with Crippen LogP contribution in [0.1, 0.15) is 6.42 Å². The number of amides is 1. The fourth-order valence-corrected chi connectivity index (χ4v) is 1.29. The van der Waals surface area contributed by atoms with Gasteiger partial charge in [-0.25, -0.2) is 0 Å². The third-order valence-corrected chi connectivity index (χ3v) is 2.07. The van der Waals surface area contributed by atoms with Crippen molar-refractivity contribution < 1.29 is 4.79 Å². The second-order valence-corrected chi connectivity index (χ2v) is 3.01. The second kappa shape index (κ2) is 3.01. The summed E-state index contributed by atoms with van der Waals surface area (Å²) in [7, 11) is 4.11. The third-order valence-electron chi connectivity index (χ3n) is 2.07. The molecule has 0 aromatic heterocycles. The van der Waals surface area contributed by atoms with E-state index in [2.05, 4.69) is 19.0 Å². The lowest BCUT2D eigenvalue weighted by atomic mass is 10.2. The van der Waals surface area contributed by atoms with Crippen LogP contribution < -0.4 is 0 Å². The minimum Gasteiger partial charge on any atom is -0.344 e. The Morgan fingerprint density at radius 1 is 1.60 bits per heavy atom. The lowest BCUT2D eigenvalue weighted by molar-refractivity contribution is -0.117. The van der Waals surface area contributed by atoms with Crippen molar-refractivity contribution in [2.45, 2.75) is 12.5 Å². The van der Waals surface area contributed by atoms with E-state index in [1.807, 2.05) is 4.90 Å². The van der Waals surface area contributed by atoms with Crippen molar-refractivity contribution in [1.82, 2.24) is 9.80 Å². The highest BCUT2D eigenvalue weighted by molar-refractivity contribution is 5.47. The summed E-state index contributed by atoms with van der Waals surface area (Å²) >= 11 is 0. The van der Waals surface area contributed by atoms with Crippen molar-refractivity contribution >= 4 is 6.41 Å². The number of likely N-dealkylation sites (N-methyl/N-ethyl adjacent to an activating group) is 1. The molecule has 0 aromatic rings. The largest absolute Gasteiger partial charge is 0.344 e. The molecule has 1 amide bonds. The van der Waals surface area contributed by atoms with Gasteiger partial charge in [0.05, 0.1) is 0 Å². The van der Waals surface area contributed by atoms with Crippen LogP contribution in [0.5, 0.6) is 0 Å². The second-order valence-electron chi connectivity index (χ2n) is 3.01. The van der Waals surface area contributed by atoms with E-state index in [1.54, 1.807) is 0 Å². The highest BCUT2D eigenvalue weighted by Gasteiger charge is 2.21. The van der Waals surface area contributed by atoms with Crippen molar-refractivity contribution in [3.05, 3.63) is 0 Å². The number of carbonyl (C=O) groups excluding carboxylic acids is 1.